The molecule has 2 saturated carbocycles. The number of carbonyl (C=O) groups excluding carboxylic acids is 2. The number of epoxide rings is 1. The van der Waals surface area contributed by atoms with Crippen molar-refractivity contribution < 1.29 is 24.5 Å². The van der Waals surface area contributed by atoms with Crippen LogP contribution in [-0.2, 0) is 14.3 Å². The smallest absolute Gasteiger partial charge is 0.168 e. The molecular formula is C20H32O5. The van der Waals surface area contributed by atoms with Crippen LogP contribution in [0, 0.1) is 23.2 Å². The van der Waals surface area contributed by atoms with Gasteiger partial charge in [0.15, 0.2) is 5.78 Å². The maximum atomic E-state index is 13.0. The Kier molecular flexibility index (Phi) is 4.66. The van der Waals surface area contributed by atoms with Crippen molar-refractivity contribution in [2.75, 3.05) is 0 Å². The van der Waals surface area contributed by atoms with E-state index in [4.69, 9.17) is 4.74 Å². The van der Waals surface area contributed by atoms with Crippen LogP contribution in [0.15, 0.2) is 0 Å². The van der Waals surface area contributed by atoms with Crippen molar-refractivity contribution in [2.24, 2.45) is 23.2 Å². The molecule has 0 amide bonds. The fraction of sp³-hybridized carbons (Fsp3) is 0.900. The van der Waals surface area contributed by atoms with Crippen LogP contribution in [0.25, 0.3) is 0 Å². The Morgan fingerprint density at radius 1 is 1.12 bits per heavy atom. The SMILES string of the molecule is C[C@@H]1CC[C@H]2C(=O)[C@H]3O[C@]3(C)CC[C@@H](O)[C@@](C)(O)CC[C@]1(C)[C@H]2C=O. The van der Waals surface area contributed by atoms with Crippen molar-refractivity contribution >= 4 is 12.1 Å². The Balaban J connectivity index is 1.97. The molecule has 142 valence electrons. The zero-order chi connectivity index (χ0) is 18.6. The fourth-order valence-electron chi connectivity index (χ4n) is 5.11. The molecule has 0 aromatic carbocycles. The second-order valence-corrected chi connectivity index (χ2v) is 9.38. The maximum absolute atomic E-state index is 13.0. The number of carbonyl (C=O) groups is 2. The van der Waals surface area contributed by atoms with Crippen molar-refractivity contribution in [3.8, 4) is 0 Å². The Morgan fingerprint density at radius 2 is 1.80 bits per heavy atom. The predicted molar refractivity (Wildman–Crippen MR) is 92.9 cm³/mol. The van der Waals surface area contributed by atoms with Crippen LogP contribution in [0.3, 0.4) is 0 Å². The number of hydrogen-bond donors (Lipinski definition) is 2. The minimum atomic E-state index is -1.20. The number of Topliss-reactive ketones (excluding diaryl/α,β-unsaturated/α-hetero) is 1. The first-order chi connectivity index (χ1) is 11.5. The van der Waals surface area contributed by atoms with Crippen molar-refractivity contribution in [2.45, 2.75) is 89.6 Å². The van der Waals surface area contributed by atoms with E-state index in [1.807, 2.05) is 6.92 Å². The van der Waals surface area contributed by atoms with Gasteiger partial charge in [0.1, 0.15) is 12.4 Å². The molecule has 25 heavy (non-hydrogen) atoms. The third-order valence-electron chi connectivity index (χ3n) is 7.69. The Hall–Kier alpha value is -0.780. The molecular weight excluding hydrogens is 320 g/mol. The first-order valence-electron chi connectivity index (χ1n) is 9.62. The molecule has 0 unspecified atom stereocenters. The van der Waals surface area contributed by atoms with Crippen LogP contribution < -0.4 is 0 Å². The number of ether oxygens (including phenoxy) is 1. The number of rotatable bonds is 1. The van der Waals surface area contributed by atoms with E-state index in [1.54, 1.807) is 6.92 Å². The number of aliphatic hydroxyl groups is 2. The van der Waals surface area contributed by atoms with E-state index in [0.29, 0.717) is 25.7 Å². The molecule has 3 fully saturated rings. The summed E-state index contributed by atoms with van der Waals surface area (Å²) in [6.45, 7) is 7.76. The summed E-state index contributed by atoms with van der Waals surface area (Å²) in [6, 6.07) is 0. The summed E-state index contributed by atoms with van der Waals surface area (Å²) in [6.07, 6.45) is 3.21. The van der Waals surface area contributed by atoms with Crippen molar-refractivity contribution in [1.29, 1.82) is 0 Å². The van der Waals surface area contributed by atoms with Crippen molar-refractivity contribution in [1.82, 2.24) is 0 Å². The van der Waals surface area contributed by atoms with Gasteiger partial charge >= 0.3 is 0 Å². The van der Waals surface area contributed by atoms with Crippen LogP contribution in [0.4, 0.5) is 0 Å². The summed E-state index contributed by atoms with van der Waals surface area (Å²) in [4.78, 5) is 25.1. The molecule has 3 aliphatic rings. The molecule has 5 heteroatoms. The molecule has 8 atom stereocenters. The van der Waals surface area contributed by atoms with Gasteiger partial charge in [0.05, 0.1) is 17.3 Å². The number of fused-ring (bicyclic) bond motifs is 3. The van der Waals surface area contributed by atoms with Gasteiger partial charge in [-0.25, -0.2) is 0 Å². The zero-order valence-corrected chi connectivity index (χ0v) is 15.8. The topological polar surface area (TPSA) is 87.1 Å². The van der Waals surface area contributed by atoms with Crippen molar-refractivity contribution in [3.63, 3.8) is 0 Å². The van der Waals surface area contributed by atoms with Crippen LogP contribution in [0.1, 0.15) is 66.2 Å². The minimum absolute atomic E-state index is 0.0551. The third kappa shape index (κ3) is 3.08. The lowest BCUT2D eigenvalue weighted by molar-refractivity contribution is -0.140. The molecule has 2 bridgehead atoms. The first kappa shape index (κ1) is 19.0. The summed E-state index contributed by atoms with van der Waals surface area (Å²) in [5, 5.41) is 21.2. The third-order valence-corrected chi connectivity index (χ3v) is 7.69. The lowest BCUT2D eigenvalue weighted by Gasteiger charge is -2.49. The highest BCUT2D eigenvalue weighted by atomic mass is 16.6. The standard InChI is InChI=1S/C20H32O5/c1-12-5-6-13-14(11-21)18(12,2)9-10-19(3,24)15(22)7-8-20(4)17(25-20)16(13)23/h11-15,17,22,24H,5-10H2,1-4H3/t12-,13-,14+,15-,17-,18+,19+,20-/m1/s1. The van der Waals surface area contributed by atoms with E-state index >= 15 is 0 Å². The van der Waals surface area contributed by atoms with E-state index in [2.05, 4.69) is 13.8 Å². The second-order valence-electron chi connectivity index (χ2n) is 9.38. The highest BCUT2D eigenvalue weighted by molar-refractivity contribution is 5.91. The average molecular weight is 352 g/mol. The van der Waals surface area contributed by atoms with Crippen molar-refractivity contribution in [3.05, 3.63) is 0 Å². The monoisotopic (exact) mass is 352 g/mol. The maximum Gasteiger partial charge on any atom is 0.168 e. The first-order valence-corrected chi connectivity index (χ1v) is 9.62. The van der Waals surface area contributed by atoms with E-state index in [1.165, 1.54) is 0 Å². The summed E-state index contributed by atoms with van der Waals surface area (Å²) in [5.41, 5.74) is -2.12. The fourth-order valence-corrected chi connectivity index (χ4v) is 5.11. The van der Waals surface area contributed by atoms with E-state index in [0.717, 1.165) is 19.1 Å². The molecule has 2 aliphatic carbocycles. The molecule has 3 rings (SSSR count). The normalized spacial score (nSPS) is 54.0. The van der Waals surface area contributed by atoms with Gasteiger partial charge in [-0.1, -0.05) is 13.8 Å². The highest BCUT2D eigenvalue weighted by Crippen LogP contribution is 2.54. The number of aliphatic hydroxyl groups excluding tert-OH is 1. The summed E-state index contributed by atoms with van der Waals surface area (Å²) < 4.78 is 5.73. The minimum Gasteiger partial charge on any atom is -0.390 e. The lowest BCUT2D eigenvalue weighted by atomic mass is 9.54. The summed E-state index contributed by atoms with van der Waals surface area (Å²) in [5.74, 6) is -0.307. The molecule has 2 N–H and O–H groups in total. The number of hydrogen-bond acceptors (Lipinski definition) is 5. The van der Waals surface area contributed by atoms with Gasteiger partial charge in [0.25, 0.3) is 0 Å². The van der Waals surface area contributed by atoms with Gasteiger partial charge in [-0.3, -0.25) is 4.79 Å². The van der Waals surface area contributed by atoms with Gasteiger partial charge in [0.2, 0.25) is 0 Å². The number of aldehydes is 1. The van der Waals surface area contributed by atoms with Gasteiger partial charge in [-0.2, -0.15) is 0 Å². The van der Waals surface area contributed by atoms with Gasteiger partial charge in [-0.05, 0) is 63.7 Å². The molecule has 0 aromatic rings. The van der Waals surface area contributed by atoms with E-state index < -0.39 is 23.4 Å². The van der Waals surface area contributed by atoms with E-state index in [-0.39, 0.29) is 29.0 Å². The summed E-state index contributed by atoms with van der Waals surface area (Å²) >= 11 is 0. The average Bonchev–Trinajstić information content (AvgIpc) is 3.24. The van der Waals surface area contributed by atoms with Crippen LogP contribution >= 0.6 is 0 Å². The molecule has 0 spiro atoms. The molecule has 5 nitrogen and oxygen atoms in total. The van der Waals surface area contributed by atoms with Crippen LogP contribution in [0.5, 0.6) is 0 Å². The molecule has 1 aliphatic heterocycles. The van der Waals surface area contributed by atoms with Gasteiger partial charge < -0.3 is 19.7 Å². The zero-order valence-electron chi connectivity index (χ0n) is 15.8. The quantitative estimate of drug-likeness (QED) is 0.558. The number of ketones is 1. The van der Waals surface area contributed by atoms with E-state index in [9.17, 15) is 19.8 Å². The lowest BCUT2D eigenvalue weighted by Crippen LogP contribution is -2.50. The largest absolute Gasteiger partial charge is 0.390 e. The van der Waals surface area contributed by atoms with Gasteiger partial charge in [-0.15, -0.1) is 0 Å². The van der Waals surface area contributed by atoms with Crippen LogP contribution in [-0.4, -0.2) is 45.7 Å². The Labute approximate surface area is 150 Å². The Morgan fingerprint density at radius 3 is 2.44 bits per heavy atom. The molecule has 1 heterocycles. The predicted octanol–water partition coefficient (Wildman–Crippen LogP) is 2.27. The molecule has 0 radical (unpaired) electrons. The summed E-state index contributed by atoms with van der Waals surface area (Å²) in [7, 11) is 0. The van der Waals surface area contributed by atoms with Crippen LogP contribution in [0.2, 0.25) is 0 Å². The highest BCUT2D eigenvalue weighted by Gasteiger charge is 2.61. The molecule has 0 aromatic heterocycles. The second kappa shape index (κ2) is 6.14. The Bertz CT molecular complexity index is 558. The molecule has 1 saturated heterocycles. The van der Waals surface area contributed by atoms with Gasteiger partial charge in [0, 0.05) is 11.8 Å².